The van der Waals surface area contributed by atoms with Gasteiger partial charge in [0.2, 0.25) is 0 Å². The summed E-state index contributed by atoms with van der Waals surface area (Å²) in [5.74, 6) is -0.278. The number of halogens is 1. The Morgan fingerprint density at radius 2 is 1.41 bits per heavy atom. The summed E-state index contributed by atoms with van der Waals surface area (Å²) in [5.41, 5.74) is 3.01. The van der Waals surface area contributed by atoms with E-state index in [0.717, 1.165) is 10.9 Å². The predicted molar refractivity (Wildman–Crippen MR) is 108 cm³/mol. The van der Waals surface area contributed by atoms with Gasteiger partial charge >= 0.3 is 0 Å². The van der Waals surface area contributed by atoms with Crippen molar-refractivity contribution in [3.05, 3.63) is 106 Å². The van der Waals surface area contributed by atoms with E-state index in [0.29, 0.717) is 27.4 Å². The van der Waals surface area contributed by atoms with Gasteiger partial charge in [-0.3, -0.25) is 14.2 Å². The SMILES string of the molecule is Cc1c(C(=O)c2ccc(Cl)cc2)c2ccccc2n1C(=O)c1ccccc1. The first-order valence-electron chi connectivity index (χ1n) is 8.58. The van der Waals surface area contributed by atoms with Crippen LogP contribution in [0.4, 0.5) is 0 Å². The summed E-state index contributed by atoms with van der Waals surface area (Å²) >= 11 is 5.94. The molecule has 0 saturated heterocycles. The molecule has 4 aromatic rings. The summed E-state index contributed by atoms with van der Waals surface area (Å²) in [4.78, 5) is 26.3. The molecule has 0 saturated carbocycles. The van der Waals surface area contributed by atoms with Gasteiger partial charge in [-0.05, 0) is 49.4 Å². The number of carbonyl (C=O) groups excluding carboxylic acids is 2. The molecule has 27 heavy (non-hydrogen) atoms. The zero-order valence-corrected chi connectivity index (χ0v) is 15.4. The fourth-order valence-corrected chi connectivity index (χ4v) is 3.50. The maximum Gasteiger partial charge on any atom is 0.262 e. The number of aromatic nitrogens is 1. The molecule has 0 radical (unpaired) electrons. The van der Waals surface area contributed by atoms with Crippen molar-refractivity contribution in [1.82, 2.24) is 4.57 Å². The molecule has 0 unspecified atom stereocenters. The second-order valence-corrected chi connectivity index (χ2v) is 6.76. The number of carbonyl (C=O) groups is 2. The standard InChI is InChI=1S/C23H16ClNO2/c1-15-21(22(26)16-11-13-18(24)14-12-16)19-9-5-6-10-20(19)25(15)23(27)17-7-3-2-4-8-17/h2-14H,1H3. The van der Waals surface area contributed by atoms with Gasteiger partial charge in [0.1, 0.15) is 0 Å². The molecule has 132 valence electrons. The Labute approximate surface area is 161 Å². The van der Waals surface area contributed by atoms with Crippen molar-refractivity contribution in [3.8, 4) is 0 Å². The van der Waals surface area contributed by atoms with E-state index in [4.69, 9.17) is 11.6 Å². The van der Waals surface area contributed by atoms with Gasteiger partial charge in [-0.2, -0.15) is 0 Å². The first kappa shape index (κ1) is 17.3. The van der Waals surface area contributed by atoms with Gasteiger partial charge in [-0.25, -0.2) is 0 Å². The van der Waals surface area contributed by atoms with Crippen LogP contribution in [0, 0.1) is 6.92 Å². The average molecular weight is 374 g/mol. The van der Waals surface area contributed by atoms with Crippen molar-refractivity contribution < 1.29 is 9.59 Å². The van der Waals surface area contributed by atoms with Gasteiger partial charge < -0.3 is 0 Å². The van der Waals surface area contributed by atoms with Crippen LogP contribution in [0.3, 0.4) is 0 Å². The molecule has 0 fully saturated rings. The molecule has 3 aromatic carbocycles. The van der Waals surface area contributed by atoms with Gasteiger partial charge in [0, 0.05) is 27.2 Å². The van der Waals surface area contributed by atoms with Gasteiger partial charge in [0.15, 0.2) is 5.78 Å². The average Bonchev–Trinajstić information content (AvgIpc) is 3.00. The highest BCUT2D eigenvalue weighted by Gasteiger charge is 2.24. The largest absolute Gasteiger partial charge is 0.289 e. The van der Waals surface area contributed by atoms with E-state index in [1.807, 2.05) is 49.4 Å². The lowest BCUT2D eigenvalue weighted by Gasteiger charge is -2.07. The summed E-state index contributed by atoms with van der Waals surface area (Å²) in [7, 11) is 0. The summed E-state index contributed by atoms with van der Waals surface area (Å²) in [6.07, 6.45) is 0. The van der Waals surface area contributed by atoms with E-state index < -0.39 is 0 Å². The highest BCUT2D eigenvalue weighted by atomic mass is 35.5. The summed E-state index contributed by atoms with van der Waals surface area (Å²) in [6, 6.07) is 23.3. The van der Waals surface area contributed by atoms with Crippen LogP contribution in [0.1, 0.15) is 32.0 Å². The molecule has 0 aliphatic heterocycles. The first-order valence-corrected chi connectivity index (χ1v) is 8.96. The molecule has 3 nitrogen and oxygen atoms in total. The minimum atomic E-state index is -0.153. The minimum absolute atomic E-state index is 0.125. The second-order valence-electron chi connectivity index (χ2n) is 6.32. The van der Waals surface area contributed by atoms with Gasteiger partial charge in [-0.1, -0.05) is 48.0 Å². The lowest BCUT2D eigenvalue weighted by Crippen LogP contribution is -2.14. The molecular formula is C23H16ClNO2. The van der Waals surface area contributed by atoms with Crippen molar-refractivity contribution in [3.63, 3.8) is 0 Å². The number of hydrogen-bond donors (Lipinski definition) is 0. The smallest absolute Gasteiger partial charge is 0.262 e. The molecule has 0 atom stereocenters. The maximum atomic E-state index is 13.2. The van der Waals surface area contributed by atoms with Crippen molar-refractivity contribution in [2.45, 2.75) is 6.92 Å². The Morgan fingerprint density at radius 1 is 0.778 bits per heavy atom. The Morgan fingerprint density at radius 3 is 2.11 bits per heavy atom. The molecular weight excluding hydrogens is 358 g/mol. The third-order valence-corrected chi connectivity index (χ3v) is 4.92. The highest BCUT2D eigenvalue weighted by molar-refractivity contribution is 6.30. The molecule has 0 aliphatic carbocycles. The normalized spacial score (nSPS) is 10.9. The van der Waals surface area contributed by atoms with E-state index >= 15 is 0 Å². The Balaban J connectivity index is 1.93. The van der Waals surface area contributed by atoms with Gasteiger partial charge in [-0.15, -0.1) is 0 Å². The van der Waals surface area contributed by atoms with Crippen LogP contribution in [0.5, 0.6) is 0 Å². The third kappa shape index (κ3) is 2.96. The maximum absolute atomic E-state index is 13.2. The molecule has 4 rings (SSSR count). The molecule has 0 spiro atoms. The second kappa shape index (κ2) is 6.86. The molecule has 0 amide bonds. The van der Waals surface area contributed by atoms with Crippen molar-refractivity contribution in [2.24, 2.45) is 0 Å². The molecule has 0 N–H and O–H groups in total. The number of rotatable bonds is 3. The summed E-state index contributed by atoms with van der Waals surface area (Å²) < 4.78 is 1.62. The Hall–Kier alpha value is -3.17. The predicted octanol–water partition coefficient (Wildman–Crippen LogP) is 5.52. The fraction of sp³-hybridized carbons (Fsp3) is 0.0435. The Bertz CT molecular complexity index is 1160. The quantitative estimate of drug-likeness (QED) is 0.443. The molecule has 0 bridgehead atoms. The lowest BCUT2D eigenvalue weighted by atomic mass is 10.0. The first-order chi connectivity index (χ1) is 13.1. The fourth-order valence-electron chi connectivity index (χ4n) is 3.37. The number of para-hydroxylation sites is 1. The van der Waals surface area contributed by atoms with Crippen LogP contribution in [0.15, 0.2) is 78.9 Å². The van der Waals surface area contributed by atoms with Gasteiger partial charge in [0.05, 0.1) is 11.1 Å². The highest BCUT2D eigenvalue weighted by Crippen LogP contribution is 2.29. The van der Waals surface area contributed by atoms with Crippen LogP contribution in [-0.2, 0) is 0 Å². The van der Waals surface area contributed by atoms with E-state index in [9.17, 15) is 9.59 Å². The molecule has 0 aliphatic rings. The molecule has 1 heterocycles. The number of fused-ring (bicyclic) bond motifs is 1. The Kier molecular flexibility index (Phi) is 4.38. The van der Waals surface area contributed by atoms with Crippen molar-refractivity contribution >= 4 is 34.2 Å². The van der Waals surface area contributed by atoms with E-state index in [-0.39, 0.29) is 11.7 Å². The van der Waals surface area contributed by atoms with E-state index in [2.05, 4.69) is 0 Å². The molecule has 1 aromatic heterocycles. The van der Waals surface area contributed by atoms with Crippen LogP contribution in [0.25, 0.3) is 10.9 Å². The van der Waals surface area contributed by atoms with Crippen LogP contribution >= 0.6 is 11.6 Å². The summed E-state index contributed by atoms with van der Waals surface area (Å²) in [6.45, 7) is 1.81. The lowest BCUT2D eigenvalue weighted by molar-refractivity contribution is 0.0963. The molecule has 4 heteroatoms. The van der Waals surface area contributed by atoms with Crippen molar-refractivity contribution in [2.75, 3.05) is 0 Å². The minimum Gasteiger partial charge on any atom is -0.289 e. The third-order valence-electron chi connectivity index (χ3n) is 4.67. The topological polar surface area (TPSA) is 39.1 Å². The van der Waals surface area contributed by atoms with Crippen molar-refractivity contribution in [1.29, 1.82) is 0 Å². The number of ketones is 1. The zero-order chi connectivity index (χ0) is 19.0. The van der Waals surface area contributed by atoms with Crippen LogP contribution in [0.2, 0.25) is 5.02 Å². The van der Waals surface area contributed by atoms with E-state index in [1.165, 1.54) is 0 Å². The van der Waals surface area contributed by atoms with Crippen LogP contribution < -0.4 is 0 Å². The monoisotopic (exact) mass is 373 g/mol. The zero-order valence-electron chi connectivity index (χ0n) is 14.6. The van der Waals surface area contributed by atoms with Gasteiger partial charge in [0.25, 0.3) is 5.91 Å². The van der Waals surface area contributed by atoms with Crippen LogP contribution in [-0.4, -0.2) is 16.3 Å². The summed E-state index contributed by atoms with van der Waals surface area (Å²) in [5, 5.41) is 1.34. The number of benzene rings is 3. The number of nitrogens with zero attached hydrogens (tertiary/aromatic N) is 1. The van der Waals surface area contributed by atoms with E-state index in [1.54, 1.807) is 41.0 Å². The number of hydrogen-bond acceptors (Lipinski definition) is 2.